The van der Waals surface area contributed by atoms with E-state index in [1.807, 2.05) is 60.7 Å². The molecule has 10 nitrogen and oxygen atoms in total. The first kappa shape index (κ1) is 26.7. The molecule has 2 unspecified atom stereocenters. The fourth-order valence-corrected chi connectivity index (χ4v) is 4.89. The molecule has 2 aromatic heterocycles. The van der Waals surface area contributed by atoms with Crippen LogP contribution in [0.2, 0.25) is 0 Å². The van der Waals surface area contributed by atoms with Crippen molar-refractivity contribution in [3.05, 3.63) is 90.3 Å². The Labute approximate surface area is 232 Å². The molecule has 40 heavy (non-hydrogen) atoms. The number of hydrazine groups is 1. The number of nitrogens with zero attached hydrogens (tertiary/aromatic N) is 3. The highest BCUT2D eigenvalue weighted by Gasteiger charge is 2.28. The first-order valence-corrected chi connectivity index (χ1v) is 13.1. The maximum absolute atomic E-state index is 13.4. The summed E-state index contributed by atoms with van der Waals surface area (Å²) in [5.74, 6) is 5.53. The zero-order valence-corrected chi connectivity index (χ0v) is 22.4. The van der Waals surface area contributed by atoms with Crippen LogP contribution >= 0.6 is 0 Å². The first-order valence-electron chi connectivity index (χ1n) is 13.1. The first-order chi connectivity index (χ1) is 19.4. The predicted molar refractivity (Wildman–Crippen MR) is 156 cm³/mol. The Kier molecular flexibility index (Phi) is 7.91. The lowest BCUT2D eigenvalue weighted by Crippen LogP contribution is -2.55. The summed E-state index contributed by atoms with van der Waals surface area (Å²) in [5, 5.41) is 6.67. The molecule has 0 saturated carbocycles. The minimum absolute atomic E-state index is 0.00669. The third-order valence-electron chi connectivity index (χ3n) is 6.95. The van der Waals surface area contributed by atoms with Gasteiger partial charge in [-0.25, -0.2) is 15.8 Å². The summed E-state index contributed by atoms with van der Waals surface area (Å²) in [6.07, 6.45) is 6.58. The van der Waals surface area contributed by atoms with E-state index in [9.17, 15) is 9.59 Å². The fraction of sp³-hybridized carbons (Fsp3) is 0.233. The Hall–Kier alpha value is -4.92. The Morgan fingerprint density at radius 1 is 1.15 bits per heavy atom. The van der Waals surface area contributed by atoms with Gasteiger partial charge in [0.05, 0.1) is 17.4 Å². The van der Waals surface area contributed by atoms with Gasteiger partial charge in [0.25, 0.3) is 11.8 Å². The lowest BCUT2D eigenvalue weighted by molar-refractivity contribution is -0.122. The summed E-state index contributed by atoms with van der Waals surface area (Å²) in [4.78, 5) is 40.4. The average molecular weight is 537 g/mol. The number of carbonyl (C=O) groups excluding carboxylic acids is 2. The van der Waals surface area contributed by atoms with Crippen molar-refractivity contribution in [2.45, 2.75) is 25.4 Å². The zero-order chi connectivity index (χ0) is 28.1. The number of aromatic nitrogens is 3. The van der Waals surface area contributed by atoms with Gasteiger partial charge in [-0.15, -0.1) is 5.73 Å². The van der Waals surface area contributed by atoms with Crippen LogP contribution in [0.25, 0.3) is 22.3 Å². The van der Waals surface area contributed by atoms with E-state index in [1.165, 1.54) is 0 Å². The highest BCUT2D eigenvalue weighted by atomic mass is 16.2. The molecule has 2 amide bonds. The highest BCUT2D eigenvalue weighted by molar-refractivity contribution is 6.01. The van der Waals surface area contributed by atoms with E-state index >= 15 is 0 Å². The van der Waals surface area contributed by atoms with Crippen molar-refractivity contribution in [3.63, 3.8) is 0 Å². The SMILES string of the molecule is CNc1nccc(-c2cc3cc(C(=O)N[C@@H](CN(c4ccccc4)C4C=C=CC(C)C4)C(=O)NN)ccc3[nH]2)n1. The van der Waals surface area contributed by atoms with Crippen LogP contribution in [0.5, 0.6) is 0 Å². The van der Waals surface area contributed by atoms with Crippen molar-refractivity contribution >= 4 is 34.4 Å². The molecule has 0 saturated heterocycles. The van der Waals surface area contributed by atoms with Crippen LogP contribution in [-0.4, -0.2) is 52.4 Å². The Morgan fingerprint density at radius 3 is 2.73 bits per heavy atom. The molecule has 2 heterocycles. The number of nitrogens with two attached hydrogens (primary N) is 1. The number of hydrogen-bond donors (Lipinski definition) is 5. The Morgan fingerprint density at radius 2 is 1.98 bits per heavy atom. The van der Waals surface area contributed by atoms with Gasteiger partial charge in [-0.05, 0) is 67.0 Å². The summed E-state index contributed by atoms with van der Waals surface area (Å²) < 4.78 is 0. The van der Waals surface area contributed by atoms with E-state index < -0.39 is 11.9 Å². The van der Waals surface area contributed by atoms with Crippen LogP contribution in [0.1, 0.15) is 23.7 Å². The molecule has 0 fully saturated rings. The van der Waals surface area contributed by atoms with Crippen molar-refractivity contribution < 1.29 is 9.59 Å². The van der Waals surface area contributed by atoms with Crippen molar-refractivity contribution in [3.8, 4) is 11.4 Å². The lowest BCUT2D eigenvalue weighted by atomic mass is 9.95. The summed E-state index contributed by atoms with van der Waals surface area (Å²) in [7, 11) is 1.76. The second-order valence-corrected chi connectivity index (χ2v) is 9.80. The van der Waals surface area contributed by atoms with Gasteiger partial charge in [-0.3, -0.25) is 15.0 Å². The zero-order valence-electron chi connectivity index (χ0n) is 22.4. The molecule has 6 N–H and O–H groups in total. The number of carbonyl (C=O) groups is 2. The number of H-pyrrole nitrogens is 1. The van der Waals surface area contributed by atoms with Gasteiger partial charge in [0, 0.05) is 41.9 Å². The van der Waals surface area contributed by atoms with Crippen LogP contribution in [0.15, 0.2) is 84.7 Å². The molecule has 0 radical (unpaired) electrons. The number of para-hydroxylation sites is 1. The monoisotopic (exact) mass is 536 g/mol. The topological polar surface area (TPSA) is 141 Å². The maximum Gasteiger partial charge on any atom is 0.258 e. The second-order valence-electron chi connectivity index (χ2n) is 9.80. The molecule has 0 aliphatic heterocycles. The number of benzene rings is 2. The average Bonchev–Trinajstić information content (AvgIpc) is 3.43. The van der Waals surface area contributed by atoms with E-state index in [-0.39, 0.29) is 18.5 Å². The summed E-state index contributed by atoms with van der Waals surface area (Å²) in [6.45, 7) is 2.36. The predicted octanol–water partition coefficient (Wildman–Crippen LogP) is 3.38. The van der Waals surface area contributed by atoms with Crippen molar-refractivity contribution in [2.75, 3.05) is 23.8 Å². The molecular formula is C30H32N8O2. The van der Waals surface area contributed by atoms with Gasteiger partial charge < -0.3 is 20.5 Å². The van der Waals surface area contributed by atoms with Crippen LogP contribution in [0, 0.1) is 5.92 Å². The number of amides is 2. The molecular weight excluding hydrogens is 504 g/mol. The summed E-state index contributed by atoms with van der Waals surface area (Å²) in [5.41, 5.74) is 9.20. The van der Waals surface area contributed by atoms with Gasteiger partial charge in [-0.2, -0.15) is 0 Å². The lowest BCUT2D eigenvalue weighted by Gasteiger charge is -2.36. The van der Waals surface area contributed by atoms with Crippen molar-refractivity contribution in [2.24, 2.45) is 11.8 Å². The quantitative estimate of drug-likeness (QED) is 0.0956. The van der Waals surface area contributed by atoms with Crippen molar-refractivity contribution in [1.82, 2.24) is 25.7 Å². The fourth-order valence-electron chi connectivity index (χ4n) is 4.89. The van der Waals surface area contributed by atoms with Gasteiger partial charge in [0.1, 0.15) is 6.04 Å². The second kappa shape index (κ2) is 11.9. The van der Waals surface area contributed by atoms with Crippen LogP contribution in [-0.2, 0) is 4.79 Å². The van der Waals surface area contributed by atoms with Crippen LogP contribution < -0.4 is 26.8 Å². The van der Waals surface area contributed by atoms with Crippen molar-refractivity contribution in [1.29, 1.82) is 0 Å². The molecule has 1 aliphatic carbocycles. The van der Waals surface area contributed by atoms with E-state index in [0.717, 1.165) is 34.4 Å². The molecule has 3 atom stereocenters. The molecule has 4 aromatic rings. The maximum atomic E-state index is 13.4. The number of hydrogen-bond acceptors (Lipinski definition) is 7. The van der Waals surface area contributed by atoms with E-state index in [0.29, 0.717) is 17.4 Å². The molecule has 1 aliphatic rings. The third-order valence-corrected chi connectivity index (χ3v) is 6.95. The molecule has 2 aromatic carbocycles. The molecule has 0 bridgehead atoms. The van der Waals surface area contributed by atoms with Gasteiger partial charge >= 0.3 is 0 Å². The van der Waals surface area contributed by atoms with Gasteiger partial charge in [0.15, 0.2) is 0 Å². The minimum Gasteiger partial charge on any atom is -0.362 e. The molecule has 10 heteroatoms. The largest absolute Gasteiger partial charge is 0.362 e. The smallest absolute Gasteiger partial charge is 0.258 e. The number of fused-ring (bicyclic) bond motifs is 1. The Bertz CT molecular complexity index is 1580. The van der Waals surface area contributed by atoms with E-state index in [4.69, 9.17) is 5.84 Å². The summed E-state index contributed by atoms with van der Waals surface area (Å²) in [6, 6.07) is 18.0. The number of anilines is 2. The van der Waals surface area contributed by atoms with Crippen LogP contribution in [0.3, 0.4) is 0 Å². The standard InChI is InChI=1S/C30H32N8O2/c1-19-7-6-10-23(15-19)38(22-8-4-3-5-9-22)18-27(29(40)37-31)35-28(39)20-11-12-24-21(16-20)17-26(34-24)25-13-14-33-30(32-2)36-25/h3-5,7-14,16-17,19,23,27,34H,15,18,31H2,1-2H3,(H,35,39)(H,37,40)(H,32,33,36)/t19?,23?,27-/m0/s1. The number of aromatic amines is 1. The van der Waals surface area contributed by atoms with Gasteiger partial charge in [-0.1, -0.05) is 25.1 Å². The third kappa shape index (κ3) is 5.88. The van der Waals surface area contributed by atoms with E-state index in [2.05, 4.69) is 48.6 Å². The normalized spacial score (nSPS) is 16.9. The minimum atomic E-state index is -0.897. The Balaban J connectivity index is 1.39. The highest BCUT2D eigenvalue weighted by Crippen LogP contribution is 2.26. The molecule has 204 valence electrons. The molecule has 5 rings (SSSR count). The van der Waals surface area contributed by atoms with E-state index in [1.54, 1.807) is 25.4 Å². The molecule has 0 spiro atoms. The van der Waals surface area contributed by atoms with Crippen LogP contribution in [0.4, 0.5) is 11.6 Å². The number of nitrogens with one attached hydrogen (secondary N) is 4. The number of rotatable bonds is 9. The van der Waals surface area contributed by atoms with Gasteiger partial charge in [0.2, 0.25) is 5.95 Å². The summed E-state index contributed by atoms with van der Waals surface area (Å²) >= 11 is 0.